The Morgan fingerprint density at radius 1 is 0.375 bits per heavy atom. The second-order valence-corrected chi connectivity index (χ2v) is 10.0. The molecule has 0 bridgehead atoms. The molecule has 0 unspecified atom stereocenters. The van der Waals surface area contributed by atoms with Gasteiger partial charge >= 0.3 is 0 Å². The van der Waals surface area contributed by atoms with E-state index in [1.165, 1.54) is 33.0 Å². The van der Waals surface area contributed by atoms with Crippen molar-refractivity contribution in [2.45, 2.75) is 0 Å². The Morgan fingerprint density at radius 3 is 1.70 bits per heavy atom. The number of rotatable bonds is 4. The van der Waals surface area contributed by atoms with Gasteiger partial charge in [-0.2, -0.15) is 0 Å². The molecule has 0 N–H and O–H groups in total. The monoisotopic (exact) mass is 509 g/mol. The Bertz CT molecular complexity index is 2020. The molecule has 40 heavy (non-hydrogen) atoms. The Labute approximate surface area is 232 Å². The number of aromatic nitrogens is 3. The van der Waals surface area contributed by atoms with Crippen LogP contribution in [-0.4, -0.2) is 15.0 Å². The first kappa shape index (κ1) is 22.6. The molecule has 0 saturated carbocycles. The highest BCUT2D eigenvalue weighted by Crippen LogP contribution is 2.49. The largest absolute Gasteiger partial charge is 0.265 e. The second-order valence-electron chi connectivity index (χ2n) is 10.0. The van der Waals surface area contributed by atoms with Gasteiger partial charge in [-0.3, -0.25) is 4.98 Å². The van der Waals surface area contributed by atoms with Crippen LogP contribution in [0, 0.1) is 0 Å². The maximum Gasteiger partial charge on any atom is 0.160 e. The van der Waals surface area contributed by atoms with Crippen LogP contribution in [0.2, 0.25) is 0 Å². The van der Waals surface area contributed by atoms with E-state index in [4.69, 9.17) is 9.97 Å². The lowest BCUT2D eigenvalue weighted by Crippen LogP contribution is -1.97. The Balaban J connectivity index is 1.39. The first-order valence-corrected chi connectivity index (χ1v) is 13.5. The standard InChI is InChI=1S/C37H23N3/c1-2-9-25(10-3-1)37-39-34(29-14-7-4-11-26(29)24-19-21-38-22-20-24)23-35(40-37)30-17-18-33-28-13-6-5-12-27(28)31-15-8-16-32(30)36(31)33/h1-23H. The van der Waals surface area contributed by atoms with Gasteiger partial charge in [-0.15, -0.1) is 0 Å². The van der Waals surface area contributed by atoms with Gasteiger partial charge in [0.05, 0.1) is 11.4 Å². The molecule has 5 aromatic carbocycles. The zero-order chi connectivity index (χ0) is 26.5. The maximum atomic E-state index is 5.16. The van der Waals surface area contributed by atoms with Gasteiger partial charge in [-0.1, -0.05) is 109 Å². The average molecular weight is 510 g/mol. The number of benzene rings is 5. The van der Waals surface area contributed by atoms with Crippen LogP contribution in [-0.2, 0) is 0 Å². The molecule has 8 rings (SSSR count). The fourth-order valence-corrected chi connectivity index (χ4v) is 5.96. The summed E-state index contributed by atoms with van der Waals surface area (Å²) >= 11 is 0. The summed E-state index contributed by atoms with van der Waals surface area (Å²) in [4.78, 5) is 14.5. The third-order valence-electron chi connectivity index (χ3n) is 7.78. The van der Waals surface area contributed by atoms with Crippen molar-refractivity contribution in [2.24, 2.45) is 0 Å². The van der Waals surface area contributed by atoms with Crippen LogP contribution in [0.3, 0.4) is 0 Å². The molecule has 0 atom stereocenters. The summed E-state index contributed by atoms with van der Waals surface area (Å²) in [5.74, 6) is 0.712. The van der Waals surface area contributed by atoms with Gasteiger partial charge in [-0.25, -0.2) is 9.97 Å². The molecule has 7 aromatic rings. The van der Waals surface area contributed by atoms with Crippen molar-refractivity contribution in [1.82, 2.24) is 15.0 Å². The average Bonchev–Trinajstić information content (AvgIpc) is 3.37. The van der Waals surface area contributed by atoms with E-state index in [0.29, 0.717) is 5.82 Å². The van der Waals surface area contributed by atoms with Crippen LogP contribution in [0.5, 0.6) is 0 Å². The van der Waals surface area contributed by atoms with Crippen molar-refractivity contribution in [3.05, 3.63) is 140 Å². The fourth-order valence-electron chi connectivity index (χ4n) is 5.96. The molecule has 0 spiro atoms. The zero-order valence-corrected chi connectivity index (χ0v) is 21.6. The molecule has 0 aliphatic heterocycles. The van der Waals surface area contributed by atoms with E-state index in [0.717, 1.165) is 39.2 Å². The van der Waals surface area contributed by atoms with Crippen molar-refractivity contribution in [1.29, 1.82) is 0 Å². The molecule has 0 amide bonds. The Morgan fingerprint density at radius 2 is 0.950 bits per heavy atom. The number of hydrogen-bond acceptors (Lipinski definition) is 3. The first-order chi connectivity index (χ1) is 19.8. The van der Waals surface area contributed by atoms with Gasteiger partial charge in [0.1, 0.15) is 0 Å². The van der Waals surface area contributed by atoms with Gasteiger partial charge in [0.25, 0.3) is 0 Å². The fraction of sp³-hybridized carbons (Fsp3) is 0. The minimum atomic E-state index is 0.712. The van der Waals surface area contributed by atoms with E-state index in [2.05, 4.69) is 102 Å². The van der Waals surface area contributed by atoms with Crippen molar-refractivity contribution < 1.29 is 0 Å². The number of fused-ring (bicyclic) bond motifs is 3. The normalized spacial score (nSPS) is 11.5. The van der Waals surface area contributed by atoms with Crippen molar-refractivity contribution >= 4 is 10.8 Å². The van der Waals surface area contributed by atoms with E-state index in [1.807, 2.05) is 42.7 Å². The molecule has 0 fully saturated rings. The summed E-state index contributed by atoms with van der Waals surface area (Å²) in [6.45, 7) is 0. The summed E-state index contributed by atoms with van der Waals surface area (Å²) in [7, 11) is 0. The highest BCUT2D eigenvalue weighted by atomic mass is 14.9. The van der Waals surface area contributed by atoms with Crippen LogP contribution in [0.4, 0.5) is 0 Å². The quantitative estimate of drug-likeness (QED) is 0.237. The van der Waals surface area contributed by atoms with Gasteiger partial charge in [0, 0.05) is 29.1 Å². The zero-order valence-electron chi connectivity index (χ0n) is 21.6. The molecule has 3 heteroatoms. The number of pyridine rings is 1. The summed E-state index contributed by atoms with van der Waals surface area (Å²) in [6.07, 6.45) is 3.66. The topological polar surface area (TPSA) is 38.7 Å². The van der Waals surface area contributed by atoms with E-state index in [9.17, 15) is 0 Å². The lowest BCUT2D eigenvalue weighted by atomic mass is 9.94. The number of hydrogen-bond donors (Lipinski definition) is 0. The molecule has 0 saturated heterocycles. The molecular formula is C37H23N3. The highest BCUT2D eigenvalue weighted by Gasteiger charge is 2.23. The lowest BCUT2D eigenvalue weighted by molar-refractivity contribution is 1.18. The third kappa shape index (κ3) is 3.56. The predicted octanol–water partition coefficient (Wildman–Crippen LogP) is 9.34. The SMILES string of the molecule is c1ccc(-c2nc(-c3ccccc3-c3ccncc3)cc(-c3ccc4c5c(cccc35)-c3ccccc3-4)n2)cc1. The molecule has 0 radical (unpaired) electrons. The predicted molar refractivity (Wildman–Crippen MR) is 164 cm³/mol. The molecule has 3 nitrogen and oxygen atoms in total. The van der Waals surface area contributed by atoms with E-state index < -0.39 is 0 Å². The van der Waals surface area contributed by atoms with Gasteiger partial charge in [-0.05, 0) is 62.4 Å². The summed E-state index contributed by atoms with van der Waals surface area (Å²) < 4.78 is 0. The molecule has 2 aromatic heterocycles. The molecule has 2 heterocycles. The molecule has 186 valence electrons. The molecule has 1 aliphatic rings. The first-order valence-electron chi connectivity index (χ1n) is 13.5. The van der Waals surface area contributed by atoms with E-state index in [1.54, 1.807) is 0 Å². The molecular weight excluding hydrogens is 486 g/mol. The van der Waals surface area contributed by atoms with Crippen molar-refractivity contribution in [3.63, 3.8) is 0 Å². The summed E-state index contributed by atoms with van der Waals surface area (Å²) in [5.41, 5.74) is 12.3. The maximum absolute atomic E-state index is 5.16. The van der Waals surface area contributed by atoms with Crippen molar-refractivity contribution in [2.75, 3.05) is 0 Å². The molecule has 1 aliphatic carbocycles. The van der Waals surface area contributed by atoms with Crippen LogP contribution in [0.15, 0.2) is 140 Å². The van der Waals surface area contributed by atoms with Crippen LogP contribution < -0.4 is 0 Å². The third-order valence-corrected chi connectivity index (χ3v) is 7.78. The smallest absolute Gasteiger partial charge is 0.160 e. The summed E-state index contributed by atoms with van der Waals surface area (Å²) in [5, 5.41) is 2.50. The van der Waals surface area contributed by atoms with Crippen LogP contribution >= 0.6 is 0 Å². The van der Waals surface area contributed by atoms with E-state index >= 15 is 0 Å². The second kappa shape index (κ2) is 9.11. The minimum absolute atomic E-state index is 0.712. The Hall–Kier alpha value is -5.41. The summed E-state index contributed by atoms with van der Waals surface area (Å²) in [6, 6.07) is 44.6. The van der Waals surface area contributed by atoms with Crippen LogP contribution in [0.25, 0.3) is 78.1 Å². The number of nitrogens with zero attached hydrogens (tertiary/aromatic N) is 3. The lowest BCUT2D eigenvalue weighted by Gasteiger charge is -2.14. The van der Waals surface area contributed by atoms with Gasteiger partial charge in [0.15, 0.2) is 5.82 Å². The van der Waals surface area contributed by atoms with Crippen LogP contribution in [0.1, 0.15) is 0 Å². The van der Waals surface area contributed by atoms with E-state index in [-0.39, 0.29) is 0 Å². The van der Waals surface area contributed by atoms with Crippen molar-refractivity contribution in [3.8, 4) is 67.3 Å². The Kier molecular flexibility index (Phi) is 5.14. The van der Waals surface area contributed by atoms with Gasteiger partial charge < -0.3 is 0 Å². The van der Waals surface area contributed by atoms with Gasteiger partial charge in [0.2, 0.25) is 0 Å². The highest BCUT2D eigenvalue weighted by molar-refractivity contribution is 6.18. The minimum Gasteiger partial charge on any atom is -0.265 e.